The summed E-state index contributed by atoms with van der Waals surface area (Å²) >= 11 is 0. The van der Waals surface area contributed by atoms with Crippen molar-refractivity contribution in [3.8, 4) is 5.75 Å². The number of nitrogens with two attached hydrogens (primary N) is 1. The molecule has 2 rings (SSSR count). The van der Waals surface area contributed by atoms with Gasteiger partial charge >= 0.3 is 0 Å². The Kier molecular flexibility index (Phi) is 4.25. The maximum Gasteiger partial charge on any atom is 0.124 e. The summed E-state index contributed by atoms with van der Waals surface area (Å²) in [6.07, 6.45) is 3.47. The molecular weight excluding hydrogens is 226 g/mol. The van der Waals surface area contributed by atoms with Gasteiger partial charge in [-0.2, -0.15) is 0 Å². The summed E-state index contributed by atoms with van der Waals surface area (Å²) in [6.45, 7) is 5.05. The standard InChI is InChI=1S/C15H23NO2/c1-10-7-11(2)15(14(8-10)17-3)13(16)9-12-5-4-6-18-12/h7-8,12-13H,4-6,9,16H2,1-3H3. The first-order valence-corrected chi connectivity index (χ1v) is 6.64. The minimum Gasteiger partial charge on any atom is -0.496 e. The fourth-order valence-corrected chi connectivity index (χ4v) is 2.82. The van der Waals surface area contributed by atoms with Crippen LogP contribution in [0.2, 0.25) is 0 Å². The third-order valence-electron chi connectivity index (χ3n) is 3.62. The van der Waals surface area contributed by atoms with Gasteiger partial charge in [0.2, 0.25) is 0 Å². The third-order valence-corrected chi connectivity index (χ3v) is 3.62. The van der Waals surface area contributed by atoms with Gasteiger partial charge in [0.1, 0.15) is 5.75 Å². The number of hydrogen-bond acceptors (Lipinski definition) is 3. The van der Waals surface area contributed by atoms with Gasteiger partial charge in [-0.15, -0.1) is 0 Å². The van der Waals surface area contributed by atoms with Crippen molar-refractivity contribution in [1.82, 2.24) is 0 Å². The van der Waals surface area contributed by atoms with E-state index >= 15 is 0 Å². The van der Waals surface area contributed by atoms with Crippen LogP contribution in [-0.2, 0) is 4.74 Å². The summed E-state index contributed by atoms with van der Waals surface area (Å²) in [5.74, 6) is 0.901. The van der Waals surface area contributed by atoms with Crippen LogP contribution in [0.15, 0.2) is 12.1 Å². The van der Waals surface area contributed by atoms with Crippen LogP contribution in [0.3, 0.4) is 0 Å². The molecule has 0 bridgehead atoms. The molecule has 2 N–H and O–H groups in total. The minimum atomic E-state index is -0.0105. The van der Waals surface area contributed by atoms with Crippen molar-refractivity contribution in [2.45, 2.75) is 45.3 Å². The molecule has 2 atom stereocenters. The zero-order chi connectivity index (χ0) is 13.1. The highest BCUT2D eigenvalue weighted by Gasteiger charge is 2.22. The predicted octanol–water partition coefficient (Wildman–Crippen LogP) is 2.88. The number of hydrogen-bond donors (Lipinski definition) is 1. The van der Waals surface area contributed by atoms with Crippen LogP contribution in [0.25, 0.3) is 0 Å². The quantitative estimate of drug-likeness (QED) is 0.892. The fourth-order valence-electron chi connectivity index (χ4n) is 2.82. The first-order valence-electron chi connectivity index (χ1n) is 6.64. The van der Waals surface area contributed by atoms with Gasteiger partial charge in [0, 0.05) is 18.2 Å². The topological polar surface area (TPSA) is 44.5 Å². The van der Waals surface area contributed by atoms with Crippen LogP contribution in [-0.4, -0.2) is 19.8 Å². The van der Waals surface area contributed by atoms with Gasteiger partial charge < -0.3 is 15.2 Å². The molecule has 1 fully saturated rings. The number of rotatable bonds is 4. The Labute approximate surface area is 109 Å². The Balaban J connectivity index is 2.20. The SMILES string of the molecule is COc1cc(C)cc(C)c1C(N)CC1CCCO1. The smallest absolute Gasteiger partial charge is 0.124 e. The van der Waals surface area contributed by atoms with Crippen molar-refractivity contribution < 1.29 is 9.47 Å². The lowest BCUT2D eigenvalue weighted by atomic mass is 9.94. The summed E-state index contributed by atoms with van der Waals surface area (Å²) in [4.78, 5) is 0. The van der Waals surface area contributed by atoms with E-state index in [-0.39, 0.29) is 6.04 Å². The summed E-state index contributed by atoms with van der Waals surface area (Å²) in [5.41, 5.74) is 9.88. The normalized spacial score (nSPS) is 21.0. The maximum absolute atomic E-state index is 6.34. The summed E-state index contributed by atoms with van der Waals surface area (Å²) < 4.78 is 11.1. The molecule has 1 heterocycles. The van der Waals surface area contributed by atoms with Crippen molar-refractivity contribution >= 4 is 0 Å². The number of methoxy groups -OCH3 is 1. The van der Waals surface area contributed by atoms with E-state index in [1.165, 1.54) is 11.1 Å². The number of benzene rings is 1. The van der Waals surface area contributed by atoms with E-state index < -0.39 is 0 Å². The first kappa shape index (κ1) is 13.4. The Morgan fingerprint density at radius 1 is 1.44 bits per heavy atom. The van der Waals surface area contributed by atoms with Crippen LogP contribution in [0, 0.1) is 13.8 Å². The second-order valence-corrected chi connectivity index (χ2v) is 5.17. The van der Waals surface area contributed by atoms with Crippen LogP contribution in [0.5, 0.6) is 5.75 Å². The summed E-state index contributed by atoms with van der Waals surface area (Å²) in [5, 5.41) is 0. The molecule has 0 spiro atoms. The molecule has 1 aromatic rings. The van der Waals surface area contributed by atoms with Gasteiger partial charge in [-0.25, -0.2) is 0 Å². The fraction of sp³-hybridized carbons (Fsp3) is 0.600. The van der Waals surface area contributed by atoms with Gasteiger partial charge in [0.25, 0.3) is 0 Å². The molecule has 0 saturated carbocycles. The van der Waals surface area contributed by atoms with Crippen LogP contribution >= 0.6 is 0 Å². The number of ether oxygens (including phenoxy) is 2. The van der Waals surface area contributed by atoms with Crippen LogP contribution < -0.4 is 10.5 Å². The van der Waals surface area contributed by atoms with Crippen LogP contribution in [0.1, 0.15) is 42.0 Å². The molecule has 3 nitrogen and oxygen atoms in total. The monoisotopic (exact) mass is 249 g/mol. The highest BCUT2D eigenvalue weighted by Crippen LogP contribution is 2.32. The molecule has 1 aliphatic rings. The molecule has 18 heavy (non-hydrogen) atoms. The predicted molar refractivity (Wildman–Crippen MR) is 73.0 cm³/mol. The van der Waals surface area contributed by atoms with E-state index in [2.05, 4.69) is 26.0 Å². The summed E-state index contributed by atoms with van der Waals surface area (Å²) in [7, 11) is 1.70. The van der Waals surface area contributed by atoms with Gasteiger partial charge in [-0.1, -0.05) is 6.07 Å². The molecule has 1 aliphatic heterocycles. The van der Waals surface area contributed by atoms with Crippen LogP contribution in [0.4, 0.5) is 0 Å². The molecule has 3 heteroatoms. The highest BCUT2D eigenvalue weighted by molar-refractivity contribution is 5.45. The molecule has 2 unspecified atom stereocenters. The van der Waals surface area contributed by atoms with Gasteiger partial charge in [-0.05, 0) is 50.3 Å². The molecule has 1 saturated heterocycles. The lowest BCUT2D eigenvalue weighted by molar-refractivity contribution is 0.0980. The van der Waals surface area contributed by atoms with Crippen molar-refractivity contribution in [1.29, 1.82) is 0 Å². The molecular formula is C15H23NO2. The van der Waals surface area contributed by atoms with E-state index in [1.54, 1.807) is 7.11 Å². The van der Waals surface area contributed by atoms with E-state index in [4.69, 9.17) is 15.2 Å². The highest BCUT2D eigenvalue weighted by atomic mass is 16.5. The van der Waals surface area contributed by atoms with E-state index in [9.17, 15) is 0 Å². The van der Waals surface area contributed by atoms with E-state index in [0.29, 0.717) is 6.10 Å². The minimum absolute atomic E-state index is 0.0105. The zero-order valence-corrected chi connectivity index (χ0v) is 11.5. The third kappa shape index (κ3) is 2.85. The van der Waals surface area contributed by atoms with E-state index in [1.807, 2.05) is 0 Å². The molecule has 0 radical (unpaired) electrons. The largest absolute Gasteiger partial charge is 0.496 e. The zero-order valence-electron chi connectivity index (χ0n) is 11.5. The maximum atomic E-state index is 6.34. The average Bonchev–Trinajstić information content (AvgIpc) is 2.80. The Morgan fingerprint density at radius 3 is 2.83 bits per heavy atom. The summed E-state index contributed by atoms with van der Waals surface area (Å²) in [6, 6.07) is 4.20. The Morgan fingerprint density at radius 2 is 2.22 bits per heavy atom. The lowest BCUT2D eigenvalue weighted by Gasteiger charge is -2.21. The molecule has 0 aromatic heterocycles. The van der Waals surface area contributed by atoms with Crippen molar-refractivity contribution in [3.63, 3.8) is 0 Å². The van der Waals surface area contributed by atoms with E-state index in [0.717, 1.165) is 37.2 Å². The second kappa shape index (κ2) is 5.72. The lowest BCUT2D eigenvalue weighted by Crippen LogP contribution is -2.20. The molecule has 0 aliphatic carbocycles. The van der Waals surface area contributed by atoms with Gasteiger partial charge in [0.15, 0.2) is 0 Å². The molecule has 1 aromatic carbocycles. The molecule has 0 amide bonds. The molecule has 100 valence electrons. The number of aryl methyl sites for hydroxylation is 2. The van der Waals surface area contributed by atoms with Gasteiger partial charge in [0.05, 0.1) is 13.2 Å². The van der Waals surface area contributed by atoms with Crippen molar-refractivity contribution in [2.24, 2.45) is 5.73 Å². The second-order valence-electron chi connectivity index (χ2n) is 5.17. The van der Waals surface area contributed by atoms with Crippen molar-refractivity contribution in [3.05, 3.63) is 28.8 Å². The van der Waals surface area contributed by atoms with Crippen molar-refractivity contribution in [2.75, 3.05) is 13.7 Å². The average molecular weight is 249 g/mol. The Bertz CT molecular complexity index is 411. The Hall–Kier alpha value is -1.06. The first-order chi connectivity index (χ1) is 8.61. The van der Waals surface area contributed by atoms with Gasteiger partial charge in [-0.3, -0.25) is 0 Å².